The molecule has 0 bridgehead atoms. The van der Waals surface area contributed by atoms with Crippen LogP contribution >= 0.6 is 0 Å². The third-order valence-corrected chi connectivity index (χ3v) is 4.02. The number of nitrogens with one attached hydrogen (secondary N) is 1. The fourth-order valence-corrected chi connectivity index (χ4v) is 2.65. The van der Waals surface area contributed by atoms with Crippen LogP contribution in [-0.4, -0.2) is 16.9 Å². The molecule has 1 aliphatic rings. The first-order valence-corrected chi connectivity index (χ1v) is 6.52. The van der Waals surface area contributed by atoms with E-state index in [1.54, 1.807) is 12.1 Å². The largest absolute Gasteiger partial charge is 0.384 e. The van der Waals surface area contributed by atoms with E-state index in [4.69, 9.17) is 5.73 Å². The number of aromatic nitrogens is 1. The summed E-state index contributed by atoms with van der Waals surface area (Å²) in [5.41, 5.74) is 7.04. The van der Waals surface area contributed by atoms with Crippen molar-refractivity contribution in [1.29, 1.82) is 0 Å². The number of nitrogen functional groups attached to an aromatic ring is 1. The Labute approximate surface area is 108 Å². The monoisotopic (exact) mass is 247 g/mol. The van der Waals surface area contributed by atoms with Gasteiger partial charge in [-0.05, 0) is 43.7 Å². The van der Waals surface area contributed by atoms with Crippen LogP contribution in [0.4, 0.5) is 5.82 Å². The van der Waals surface area contributed by atoms with Gasteiger partial charge < -0.3 is 11.1 Å². The zero-order valence-corrected chi connectivity index (χ0v) is 11.2. The highest BCUT2D eigenvalue weighted by atomic mass is 16.1. The SMILES string of the molecule is Cc1cc(C(=O)NC2CCC(C)C2C)cc(N)n1. The second kappa shape index (κ2) is 4.96. The summed E-state index contributed by atoms with van der Waals surface area (Å²) in [4.78, 5) is 16.2. The van der Waals surface area contributed by atoms with E-state index in [1.165, 1.54) is 6.42 Å². The maximum atomic E-state index is 12.2. The third-order valence-electron chi connectivity index (χ3n) is 4.02. The Kier molecular flexibility index (Phi) is 3.55. The second-order valence-corrected chi connectivity index (χ2v) is 5.42. The van der Waals surface area contributed by atoms with Crippen LogP contribution in [0, 0.1) is 18.8 Å². The van der Waals surface area contributed by atoms with Crippen molar-refractivity contribution >= 4 is 11.7 Å². The van der Waals surface area contributed by atoms with Crippen LogP contribution in [0.5, 0.6) is 0 Å². The predicted molar refractivity (Wildman–Crippen MR) is 72.2 cm³/mol. The van der Waals surface area contributed by atoms with Crippen LogP contribution in [0.3, 0.4) is 0 Å². The summed E-state index contributed by atoms with van der Waals surface area (Å²) < 4.78 is 0. The molecule has 2 rings (SSSR count). The van der Waals surface area contributed by atoms with E-state index in [0.29, 0.717) is 23.2 Å². The minimum Gasteiger partial charge on any atom is -0.384 e. The third kappa shape index (κ3) is 2.63. The molecule has 3 atom stereocenters. The molecule has 4 nitrogen and oxygen atoms in total. The maximum Gasteiger partial charge on any atom is 0.251 e. The lowest BCUT2D eigenvalue weighted by Crippen LogP contribution is -2.37. The number of hydrogen-bond acceptors (Lipinski definition) is 3. The van der Waals surface area contributed by atoms with Crippen LogP contribution in [0.2, 0.25) is 0 Å². The molecule has 1 aromatic rings. The van der Waals surface area contributed by atoms with Gasteiger partial charge in [-0.15, -0.1) is 0 Å². The van der Waals surface area contributed by atoms with Gasteiger partial charge in [-0.3, -0.25) is 4.79 Å². The van der Waals surface area contributed by atoms with Crippen molar-refractivity contribution in [2.75, 3.05) is 5.73 Å². The molecule has 1 aromatic heterocycles. The first-order chi connectivity index (χ1) is 8.47. The summed E-state index contributed by atoms with van der Waals surface area (Å²) in [6, 6.07) is 3.68. The molecule has 1 aliphatic carbocycles. The van der Waals surface area contributed by atoms with Crippen LogP contribution in [0.15, 0.2) is 12.1 Å². The van der Waals surface area contributed by atoms with E-state index in [1.807, 2.05) is 6.92 Å². The topological polar surface area (TPSA) is 68.0 Å². The van der Waals surface area contributed by atoms with Gasteiger partial charge in [-0.25, -0.2) is 4.98 Å². The molecule has 1 amide bonds. The van der Waals surface area contributed by atoms with Gasteiger partial charge in [0.05, 0.1) is 0 Å². The van der Waals surface area contributed by atoms with Gasteiger partial charge in [0, 0.05) is 17.3 Å². The molecule has 1 fully saturated rings. The number of aryl methyl sites for hydroxylation is 1. The van der Waals surface area contributed by atoms with Crippen molar-refractivity contribution in [2.24, 2.45) is 11.8 Å². The van der Waals surface area contributed by atoms with Crippen molar-refractivity contribution in [3.63, 3.8) is 0 Å². The number of carbonyl (C=O) groups is 1. The first kappa shape index (κ1) is 12.9. The number of pyridine rings is 1. The van der Waals surface area contributed by atoms with Crippen LogP contribution in [0.1, 0.15) is 42.7 Å². The maximum absolute atomic E-state index is 12.2. The van der Waals surface area contributed by atoms with Crippen LogP contribution in [-0.2, 0) is 0 Å². The zero-order valence-electron chi connectivity index (χ0n) is 11.2. The number of anilines is 1. The fourth-order valence-electron chi connectivity index (χ4n) is 2.65. The molecular formula is C14H21N3O. The summed E-state index contributed by atoms with van der Waals surface area (Å²) in [5.74, 6) is 1.57. The number of hydrogen-bond donors (Lipinski definition) is 2. The molecule has 3 N–H and O–H groups in total. The summed E-state index contributed by atoms with van der Waals surface area (Å²) in [6.07, 6.45) is 2.25. The molecule has 3 unspecified atom stereocenters. The fraction of sp³-hybridized carbons (Fsp3) is 0.571. The Morgan fingerprint density at radius 2 is 2.11 bits per heavy atom. The number of nitrogens with two attached hydrogens (primary N) is 1. The van der Waals surface area contributed by atoms with E-state index in [2.05, 4.69) is 24.1 Å². The smallest absolute Gasteiger partial charge is 0.251 e. The lowest BCUT2D eigenvalue weighted by Gasteiger charge is -2.19. The average molecular weight is 247 g/mol. The van der Waals surface area contributed by atoms with Crippen molar-refractivity contribution in [1.82, 2.24) is 10.3 Å². The molecule has 0 aromatic carbocycles. The normalized spacial score (nSPS) is 27.2. The lowest BCUT2D eigenvalue weighted by molar-refractivity contribution is 0.0927. The molecule has 0 saturated heterocycles. The lowest BCUT2D eigenvalue weighted by atomic mass is 9.97. The number of carbonyl (C=O) groups excluding carboxylic acids is 1. The van der Waals surface area contributed by atoms with Crippen molar-refractivity contribution in [2.45, 2.75) is 39.7 Å². The van der Waals surface area contributed by atoms with Crippen LogP contribution < -0.4 is 11.1 Å². The second-order valence-electron chi connectivity index (χ2n) is 5.42. The van der Waals surface area contributed by atoms with Crippen molar-refractivity contribution < 1.29 is 4.79 Å². The van der Waals surface area contributed by atoms with Gasteiger partial charge in [0.1, 0.15) is 5.82 Å². The van der Waals surface area contributed by atoms with Gasteiger partial charge in [0.2, 0.25) is 0 Å². The highest BCUT2D eigenvalue weighted by Gasteiger charge is 2.30. The number of amides is 1. The number of rotatable bonds is 2. The summed E-state index contributed by atoms with van der Waals surface area (Å²) in [7, 11) is 0. The Morgan fingerprint density at radius 1 is 1.39 bits per heavy atom. The summed E-state index contributed by atoms with van der Waals surface area (Å²) in [6.45, 7) is 6.29. The molecule has 18 heavy (non-hydrogen) atoms. The first-order valence-electron chi connectivity index (χ1n) is 6.52. The molecule has 98 valence electrons. The highest BCUT2D eigenvalue weighted by molar-refractivity contribution is 5.95. The van der Waals surface area contributed by atoms with E-state index in [-0.39, 0.29) is 11.9 Å². The Hall–Kier alpha value is -1.58. The Morgan fingerprint density at radius 3 is 2.67 bits per heavy atom. The molecule has 1 saturated carbocycles. The van der Waals surface area contributed by atoms with Gasteiger partial charge in [-0.2, -0.15) is 0 Å². The van der Waals surface area contributed by atoms with Gasteiger partial charge in [0.15, 0.2) is 0 Å². The van der Waals surface area contributed by atoms with Gasteiger partial charge in [0.25, 0.3) is 5.91 Å². The average Bonchev–Trinajstić information content (AvgIpc) is 2.59. The molecule has 0 aliphatic heterocycles. The van der Waals surface area contributed by atoms with Gasteiger partial charge >= 0.3 is 0 Å². The quantitative estimate of drug-likeness (QED) is 0.841. The van der Waals surface area contributed by atoms with E-state index < -0.39 is 0 Å². The van der Waals surface area contributed by atoms with E-state index in [0.717, 1.165) is 12.1 Å². The van der Waals surface area contributed by atoms with E-state index >= 15 is 0 Å². The summed E-state index contributed by atoms with van der Waals surface area (Å²) >= 11 is 0. The molecular weight excluding hydrogens is 226 g/mol. The Balaban J connectivity index is 2.08. The predicted octanol–water partition coefficient (Wildman–Crippen LogP) is 2.14. The van der Waals surface area contributed by atoms with Crippen molar-refractivity contribution in [3.05, 3.63) is 23.4 Å². The molecule has 1 heterocycles. The zero-order chi connectivity index (χ0) is 13.3. The van der Waals surface area contributed by atoms with E-state index in [9.17, 15) is 4.79 Å². The van der Waals surface area contributed by atoms with Gasteiger partial charge in [-0.1, -0.05) is 13.8 Å². The number of nitrogens with zero attached hydrogens (tertiary/aromatic N) is 1. The standard InChI is InChI=1S/C14H21N3O/c1-8-4-5-12(10(8)3)17-14(18)11-6-9(2)16-13(15)7-11/h6-8,10,12H,4-5H2,1-3H3,(H2,15,16)(H,17,18). The molecule has 4 heteroatoms. The molecule has 0 spiro atoms. The van der Waals surface area contributed by atoms with Crippen LogP contribution in [0.25, 0.3) is 0 Å². The van der Waals surface area contributed by atoms with Crippen molar-refractivity contribution in [3.8, 4) is 0 Å². The minimum absolute atomic E-state index is 0.0434. The molecule has 0 radical (unpaired) electrons. The summed E-state index contributed by atoms with van der Waals surface area (Å²) in [5, 5.41) is 3.11. The highest BCUT2D eigenvalue weighted by Crippen LogP contribution is 2.31. The Bertz CT molecular complexity index is 438. The minimum atomic E-state index is -0.0434.